The number of halogens is 1. The van der Waals surface area contributed by atoms with Crippen LogP contribution in [0.15, 0.2) is 60.2 Å². The molecular formula is C17H12ClNO3. The predicted molar refractivity (Wildman–Crippen MR) is 82.2 cm³/mol. The normalized spacial score (nSPS) is 24.5. The summed E-state index contributed by atoms with van der Waals surface area (Å²) < 4.78 is 0. The Hall–Kier alpha value is -2.46. The molecule has 1 aliphatic carbocycles. The van der Waals surface area contributed by atoms with E-state index in [2.05, 4.69) is 11.9 Å². The highest BCUT2D eigenvalue weighted by atomic mass is 35.5. The van der Waals surface area contributed by atoms with Gasteiger partial charge in [0.05, 0.1) is 6.04 Å². The molecule has 5 heteroatoms. The fourth-order valence-corrected chi connectivity index (χ4v) is 2.87. The summed E-state index contributed by atoms with van der Waals surface area (Å²) in [5.41, 5.74) is 1.37. The van der Waals surface area contributed by atoms with E-state index in [1.54, 1.807) is 24.3 Å². The third-order valence-corrected chi connectivity index (χ3v) is 4.08. The van der Waals surface area contributed by atoms with E-state index in [1.165, 1.54) is 18.2 Å². The molecule has 0 radical (unpaired) electrons. The van der Waals surface area contributed by atoms with Gasteiger partial charge < -0.3 is 5.32 Å². The quantitative estimate of drug-likeness (QED) is 0.673. The summed E-state index contributed by atoms with van der Waals surface area (Å²) in [6.45, 7) is 3.78. The lowest BCUT2D eigenvalue weighted by Crippen LogP contribution is -2.24. The van der Waals surface area contributed by atoms with E-state index in [0.29, 0.717) is 5.02 Å². The van der Waals surface area contributed by atoms with Crippen molar-refractivity contribution in [1.82, 2.24) is 5.32 Å². The van der Waals surface area contributed by atoms with Gasteiger partial charge in [-0.3, -0.25) is 14.4 Å². The molecule has 1 amide bonds. The lowest BCUT2D eigenvalue weighted by Gasteiger charge is -2.22. The Morgan fingerprint density at radius 2 is 1.73 bits per heavy atom. The van der Waals surface area contributed by atoms with Crippen LogP contribution in [0.3, 0.4) is 0 Å². The maximum Gasteiger partial charge on any atom is 0.247 e. The van der Waals surface area contributed by atoms with Crippen molar-refractivity contribution in [2.24, 2.45) is 5.92 Å². The van der Waals surface area contributed by atoms with Crippen molar-refractivity contribution in [3.8, 4) is 0 Å². The molecule has 0 unspecified atom stereocenters. The van der Waals surface area contributed by atoms with Gasteiger partial charge in [-0.1, -0.05) is 30.3 Å². The van der Waals surface area contributed by atoms with Crippen LogP contribution < -0.4 is 5.32 Å². The molecule has 22 heavy (non-hydrogen) atoms. The van der Waals surface area contributed by atoms with Gasteiger partial charge in [-0.15, -0.1) is 0 Å². The third kappa shape index (κ3) is 2.42. The molecule has 2 atom stereocenters. The molecule has 1 aliphatic heterocycles. The van der Waals surface area contributed by atoms with Crippen LogP contribution in [0.2, 0.25) is 5.02 Å². The van der Waals surface area contributed by atoms with Crippen LogP contribution in [0.25, 0.3) is 0 Å². The molecule has 1 N–H and O–H groups in total. The fraction of sp³-hybridized carbons (Fsp3) is 0.118. The molecule has 2 aliphatic rings. The van der Waals surface area contributed by atoms with Gasteiger partial charge in [0.15, 0.2) is 11.6 Å². The number of rotatable bonds is 2. The van der Waals surface area contributed by atoms with Crippen molar-refractivity contribution >= 4 is 29.1 Å². The van der Waals surface area contributed by atoms with E-state index in [9.17, 15) is 14.4 Å². The van der Waals surface area contributed by atoms with Crippen LogP contribution in [0.5, 0.6) is 0 Å². The summed E-state index contributed by atoms with van der Waals surface area (Å²) in [4.78, 5) is 35.7. The minimum Gasteiger partial charge on any atom is -0.345 e. The molecule has 1 saturated heterocycles. The molecule has 0 spiro atoms. The highest BCUT2D eigenvalue weighted by Crippen LogP contribution is 2.39. The van der Waals surface area contributed by atoms with Gasteiger partial charge >= 0.3 is 0 Å². The summed E-state index contributed by atoms with van der Waals surface area (Å²) >= 11 is 5.88. The molecule has 3 rings (SSSR count). The van der Waals surface area contributed by atoms with E-state index in [0.717, 1.165) is 5.56 Å². The van der Waals surface area contributed by atoms with E-state index < -0.39 is 12.0 Å². The molecule has 1 aromatic rings. The van der Waals surface area contributed by atoms with E-state index in [1.807, 2.05) is 0 Å². The molecule has 0 aromatic heterocycles. The standard InChI is InChI=1S/C17H12ClNO3/c1-9-15(13-8-12(20)6-7-14(13)21)16(19-17(9)22)10-2-4-11(18)5-3-10/h2-8,15-16H,1H2,(H,19,22)/t15-,16-/m1/s1. The van der Waals surface area contributed by atoms with Crippen LogP contribution in [-0.4, -0.2) is 17.5 Å². The van der Waals surface area contributed by atoms with E-state index in [4.69, 9.17) is 11.6 Å². The second kappa shape index (κ2) is 5.39. The third-order valence-electron chi connectivity index (χ3n) is 3.83. The molecule has 110 valence electrons. The summed E-state index contributed by atoms with van der Waals surface area (Å²) in [6, 6.07) is 6.55. The van der Waals surface area contributed by atoms with Crippen molar-refractivity contribution in [3.63, 3.8) is 0 Å². The Morgan fingerprint density at radius 1 is 1.05 bits per heavy atom. The minimum absolute atomic E-state index is 0.267. The first-order valence-corrected chi connectivity index (χ1v) is 7.08. The molecule has 1 heterocycles. The molecule has 1 aromatic carbocycles. The maximum absolute atomic E-state index is 12.1. The largest absolute Gasteiger partial charge is 0.345 e. The number of allylic oxidation sites excluding steroid dienone is 3. The van der Waals surface area contributed by atoms with E-state index >= 15 is 0 Å². The van der Waals surface area contributed by atoms with Gasteiger partial charge in [-0.25, -0.2) is 0 Å². The second-order valence-electron chi connectivity index (χ2n) is 5.21. The molecule has 4 nitrogen and oxygen atoms in total. The zero-order valence-corrected chi connectivity index (χ0v) is 12.3. The first-order valence-electron chi connectivity index (χ1n) is 6.70. The Balaban J connectivity index is 2.04. The van der Waals surface area contributed by atoms with Gasteiger partial charge in [0.1, 0.15) is 0 Å². The number of ketones is 2. The van der Waals surface area contributed by atoms with Gasteiger partial charge in [0, 0.05) is 22.1 Å². The average molecular weight is 314 g/mol. The van der Waals surface area contributed by atoms with Crippen LogP contribution in [0.1, 0.15) is 11.6 Å². The molecule has 1 fully saturated rings. The SMILES string of the molecule is C=C1C(=O)N[C@H](c2ccc(Cl)cc2)[C@H]1C1=CC(=O)C=CC1=O. The highest BCUT2D eigenvalue weighted by Gasteiger charge is 2.41. The van der Waals surface area contributed by atoms with Gasteiger partial charge in [0.25, 0.3) is 0 Å². The number of hydrogen-bond acceptors (Lipinski definition) is 3. The zero-order valence-electron chi connectivity index (χ0n) is 11.5. The molecular weight excluding hydrogens is 302 g/mol. The van der Waals surface area contributed by atoms with Crippen LogP contribution in [-0.2, 0) is 14.4 Å². The summed E-state index contributed by atoms with van der Waals surface area (Å²) in [5.74, 6) is -1.42. The first-order chi connectivity index (χ1) is 10.5. The Morgan fingerprint density at radius 3 is 2.41 bits per heavy atom. The predicted octanol–water partition coefficient (Wildman–Crippen LogP) is 2.32. The van der Waals surface area contributed by atoms with Gasteiger partial charge in [-0.05, 0) is 35.9 Å². The van der Waals surface area contributed by atoms with E-state index in [-0.39, 0.29) is 28.6 Å². The number of nitrogens with one attached hydrogen (secondary N) is 1. The van der Waals surface area contributed by atoms with Crippen molar-refractivity contribution in [2.75, 3.05) is 0 Å². The zero-order chi connectivity index (χ0) is 15.9. The van der Waals surface area contributed by atoms with Crippen molar-refractivity contribution in [3.05, 3.63) is 70.8 Å². The minimum atomic E-state index is -0.560. The lowest BCUT2D eigenvalue weighted by molar-refractivity contribution is -0.116. The Bertz CT molecular complexity index is 759. The van der Waals surface area contributed by atoms with Crippen LogP contribution >= 0.6 is 11.6 Å². The topological polar surface area (TPSA) is 63.2 Å². The summed E-state index contributed by atoms with van der Waals surface area (Å²) in [6.07, 6.45) is 3.73. The van der Waals surface area contributed by atoms with Crippen molar-refractivity contribution in [1.29, 1.82) is 0 Å². The Labute approximate surface area is 132 Å². The van der Waals surface area contributed by atoms with Gasteiger partial charge in [-0.2, -0.15) is 0 Å². The van der Waals surface area contributed by atoms with Crippen molar-refractivity contribution in [2.45, 2.75) is 6.04 Å². The van der Waals surface area contributed by atoms with Crippen LogP contribution in [0, 0.1) is 5.92 Å². The summed E-state index contributed by atoms with van der Waals surface area (Å²) in [5, 5.41) is 3.39. The lowest BCUT2D eigenvalue weighted by atomic mass is 9.81. The summed E-state index contributed by atoms with van der Waals surface area (Å²) in [7, 11) is 0. The number of amides is 1. The average Bonchev–Trinajstić information content (AvgIpc) is 2.78. The highest BCUT2D eigenvalue weighted by molar-refractivity contribution is 6.30. The number of carbonyl (C=O) groups excluding carboxylic acids is 3. The smallest absolute Gasteiger partial charge is 0.247 e. The number of hydrogen-bond donors (Lipinski definition) is 1. The second-order valence-corrected chi connectivity index (χ2v) is 5.64. The van der Waals surface area contributed by atoms with Gasteiger partial charge in [0.2, 0.25) is 5.91 Å². The Kier molecular flexibility index (Phi) is 3.54. The maximum atomic E-state index is 12.1. The number of carbonyl (C=O) groups is 3. The fourth-order valence-electron chi connectivity index (χ4n) is 2.74. The first kappa shape index (κ1) is 14.5. The van der Waals surface area contributed by atoms with Crippen LogP contribution in [0.4, 0.5) is 0 Å². The van der Waals surface area contributed by atoms with Crippen molar-refractivity contribution < 1.29 is 14.4 Å². The molecule has 0 bridgehead atoms. The molecule has 0 saturated carbocycles. The number of benzene rings is 1. The monoisotopic (exact) mass is 313 g/mol.